The van der Waals surface area contributed by atoms with Crippen molar-refractivity contribution in [2.45, 2.75) is 6.43 Å². The standard InChI is InChI=1S/C14H14F2N2O/c1-18(8-13(15)16)14(19)11-6-9-4-2-3-5-10(9)7-12(11)17/h2-7,13H,8,17H2,1H3. The van der Waals surface area contributed by atoms with Gasteiger partial charge in [0.25, 0.3) is 12.3 Å². The van der Waals surface area contributed by atoms with Gasteiger partial charge in [-0.2, -0.15) is 0 Å². The van der Waals surface area contributed by atoms with Crippen molar-refractivity contribution in [2.75, 3.05) is 19.3 Å². The lowest BCUT2D eigenvalue weighted by Gasteiger charge is -2.18. The number of halogens is 2. The van der Waals surface area contributed by atoms with Gasteiger partial charge in [0.1, 0.15) is 0 Å². The second-order valence-corrected chi connectivity index (χ2v) is 4.36. The lowest BCUT2D eigenvalue weighted by Crippen LogP contribution is -2.31. The first-order chi connectivity index (χ1) is 8.99. The van der Waals surface area contributed by atoms with E-state index < -0.39 is 18.9 Å². The number of rotatable bonds is 3. The average Bonchev–Trinajstić information content (AvgIpc) is 2.36. The van der Waals surface area contributed by atoms with Crippen molar-refractivity contribution < 1.29 is 13.6 Å². The summed E-state index contributed by atoms with van der Waals surface area (Å²) < 4.78 is 24.6. The fourth-order valence-electron chi connectivity index (χ4n) is 1.94. The van der Waals surface area contributed by atoms with Crippen LogP contribution in [0.4, 0.5) is 14.5 Å². The molecule has 0 radical (unpaired) electrons. The van der Waals surface area contributed by atoms with Crippen LogP contribution in [0.1, 0.15) is 10.4 Å². The summed E-state index contributed by atoms with van der Waals surface area (Å²) in [4.78, 5) is 13.0. The largest absolute Gasteiger partial charge is 0.398 e. The molecule has 0 saturated carbocycles. The molecule has 3 nitrogen and oxygen atoms in total. The molecule has 2 N–H and O–H groups in total. The Morgan fingerprint density at radius 2 is 1.84 bits per heavy atom. The van der Waals surface area contributed by atoms with Crippen LogP contribution in [0, 0.1) is 0 Å². The number of hydrogen-bond acceptors (Lipinski definition) is 2. The molecule has 19 heavy (non-hydrogen) atoms. The zero-order valence-corrected chi connectivity index (χ0v) is 10.4. The summed E-state index contributed by atoms with van der Waals surface area (Å²) >= 11 is 0. The van der Waals surface area contributed by atoms with Crippen molar-refractivity contribution in [1.82, 2.24) is 4.90 Å². The number of benzene rings is 2. The van der Waals surface area contributed by atoms with Crippen LogP contribution in [0.15, 0.2) is 36.4 Å². The van der Waals surface area contributed by atoms with Crippen molar-refractivity contribution >= 4 is 22.4 Å². The van der Waals surface area contributed by atoms with E-state index in [1.165, 1.54) is 7.05 Å². The third-order valence-corrected chi connectivity index (χ3v) is 2.91. The van der Waals surface area contributed by atoms with Gasteiger partial charge in [-0.1, -0.05) is 24.3 Å². The quantitative estimate of drug-likeness (QED) is 0.866. The van der Waals surface area contributed by atoms with Crippen LogP contribution in [-0.2, 0) is 0 Å². The highest BCUT2D eigenvalue weighted by Crippen LogP contribution is 2.23. The summed E-state index contributed by atoms with van der Waals surface area (Å²) in [5, 5.41) is 1.76. The lowest BCUT2D eigenvalue weighted by molar-refractivity contribution is 0.0621. The highest BCUT2D eigenvalue weighted by atomic mass is 19.3. The predicted molar refractivity (Wildman–Crippen MR) is 71.3 cm³/mol. The first-order valence-electron chi connectivity index (χ1n) is 5.81. The number of nitrogens with zero attached hydrogens (tertiary/aromatic N) is 1. The van der Waals surface area contributed by atoms with E-state index in [-0.39, 0.29) is 5.56 Å². The molecule has 0 atom stereocenters. The molecule has 0 heterocycles. The molecule has 0 unspecified atom stereocenters. The number of nitrogens with two attached hydrogens (primary N) is 1. The van der Waals surface area contributed by atoms with Crippen molar-refractivity contribution in [3.63, 3.8) is 0 Å². The van der Waals surface area contributed by atoms with E-state index in [0.717, 1.165) is 15.7 Å². The summed E-state index contributed by atoms with van der Waals surface area (Å²) in [5.74, 6) is -0.497. The first-order valence-corrected chi connectivity index (χ1v) is 5.81. The van der Waals surface area contributed by atoms with E-state index in [0.29, 0.717) is 5.69 Å². The van der Waals surface area contributed by atoms with Gasteiger partial charge < -0.3 is 10.6 Å². The van der Waals surface area contributed by atoms with E-state index in [1.54, 1.807) is 12.1 Å². The Hall–Kier alpha value is -2.17. The zero-order valence-electron chi connectivity index (χ0n) is 10.4. The normalized spacial score (nSPS) is 10.9. The van der Waals surface area contributed by atoms with E-state index in [4.69, 9.17) is 5.73 Å². The Morgan fingerprint density at radius 3 is 2.42 bits per heavy atom. The summed E-state index contributed by atoms with van der Waals surface area (Å²) in [6, 6.07) is 10.7. The van der Waals surface area contributed by atoms with Gasteiger partial charge >= 0.3 is 0 Å². The molecule has 2 aromatic carbocycles. The molecule has 0 aromatic heterocycles. The molecule has 2 aromatic rings. The van der Waals surface area contributed by atoms with Gasteiger partial charge in [0.15, 0.2) is 0 Å². The van der Waals surface area contributed by atoms with Crippen LogP contribution >= 0.6 is 0 Å². The topological polar surface area (TPSA) is 46.3 Å². The maximum atomic E-state index is 12.3. The van der Waals surface area contributed by atoms with Crippen LogP contribution in [-0.4, -0.2) is 30.8 Å². The average molecular weight is 264 g/mol. The second kappa shape index (κ2) is 5.22. The zero-order chi connectivity index (χ0) is 14.0. The fraction of sp³-hybridized carbons (Fsp3) is 0.214. The molecule has 1 amide bonds. The van der Waals surface area contributed by atoms with E-state index in [9.17, 15) is 13.6 Å². The molecule has 0 spiro atoms. The van der Waals surface area contributed by atoms with Gasteiger partial charge in [-0.25, -0.2) is 8.78 Å². The summed E-state index contributed by atoms with van der Waals surface area (Å²) in [5.41, 5.74) is 6.37. The molecule has 0 bridgehead atoms. The monoisotopic (exact) mass is 264 g/mol. The highest BCUT2D eigenvalue weighted by Gasteiger charge is 2.18. The highest BCUT2D eigenvalue weighted by molar-refractivity contribution is 6.03. The van der Waals surface area contributed by atoms with Crippen LogP contribution in [0.3, 0.4) is 0 Å². The van der Waals surface area contributed by atoms with Gasteiger partial charge in [-0.15, -0.1) is 0 Å². The number of alkyl halides is 2. The second-order valence-electron chi connectivity index (χ2n) is 4.36. The minimum absolute atomic E-state index is 0.252. The van der Waals surface area contributed by atoms with Crippen LogP contribution in [0.25, 0.3) is 10.8 Å². The third-order valence-electron chi connectivity index (χ3n) is 2.91. The van der Waals surface area contributed by atoms with Crippen molar-refractivity contribution in [3.05, 3.63) is 42.0 Å². The fourth-order valence-corrected chi connectivity index (χ4v) is 1.94. The summed E-state index contributed by atoms with van der Waals surface area (Å²) in [6.45, 7) is -0.606. The van der Waals surface area contributed by atoms with E-state index in [2.05, 4.69) is 0 Å². The van der Waals surface area contributed by atoms with E-state index in [1.807, 2.05) is 24.3 Å². The molecule has 0 aliphatic rings. The minimum Gasteiger partial charge on any atom is -0.398 e. The van der Waals surface area contributed by atoms with Gasteiger partial charge in [-0.05, 0) is 22.9 Å². The maximum absolute atomic E-state index is 12.3. The molecule has 0 saturated heterocycles. The Morgan fingerprint density at radius 1 is 1.26 bits per heavy atom. The maximum Gasteiger partial charge on any atom is 0.255 e. The van der Waals surface area contributed by atoms with Crippen molar-refractivity contribution in [1.29, 1.82) is 0 Å². The Balaban J connectivity index is 2.39. The Bertz CT molecular complexity index is 613. The molecular weight excluding hydrogens is 250 g/mol. The molecule has 0 aliphatic heterocycles. The van der Waals surface area contributed by atoms with Gasteiger partial charge in [0, 0.05) is 12.7 Å². The van der Waals surface area contributed by atoms with Crippen molar-refractivity contribution in [2.24, 2.45) is 0 Å². The van der Waals surface area contributed by atoms with Crippen molar-refractivity contribution in [3.8, 4) is 0 Å². The third kappa shape index (κ3) is 2.81. The van der Waals surface area contributed by atoms with Gasteiger partial charge in [-0.3, -0.25) is 4.79 Å². The number of carbonyl (C=O) groups is 1. The number of anilines is 1. The molecule has 0 fully saturated rings. The molecule has 2 rings (SSSR count). The van der Waals surface area contributed by atoms with Crippen LogP contribution in [0.5, 0.6) is 0 Å². The number of carbonyl (C=O) groups excluding carboxylic acids is 1. The number of nitrogen functional groups attached to an aromatic ring is 1. The summed E-state index contributed by atoms with van der Waals surface area (Å²) in [7, 11) is 1.34. The smallest absolute Gasteiger partial charge is 0.255 e. The minimum atomic E-state index is -2.56. The Kier molecular flexibility index (Phi) is 3.64. The van der Waals surface area contributed by atoms with Crippen LogP contribution in [0.2, 0.25) is 0 Å². The van der Waals surface area contributed by atoms with Gasteiger partial charge in [0.05, 0.1) is 12.1 Å². The molecular formula is C14H14F2N2O. The summed E-state index contributed by atoms with van der Waals surface area (Å²) in [6.07, 6.45) is -2.56. The SMILES string of the molecule is CN(CC(F)F)C(=O)c1cc2ccccc2cc1N. The first kappa shape index (κ1) is 13.3. The molecule has 5 heteroatoms. The molecule has 100 valence electrons. The number of hydrogen-bond donors (Lipinski definition) is 1. The Labute approximate surface area is 109 Å². The molecule has 0 aliphatic carbocycles. The number of fused-ring (bicyclic) bond motifs is 1. The predicted octanol–water partition coefficient (Wildman–Crippen LogP) is 2.76. The van der Waals surface area contributed by atoms with E-state index >= 15 is 0 Å². The lowest BCUT2D eigenvalue weighted by atomic mass is 10.0. The van der Waals surface area contributed by atoms with Crippen LogP contribution < -0.4 is 5.73 Å². The van der Waals surface area contributed by atoms with Gasteiger partial charge in [0.2, 0.25) is 0 Å². The number of amides is 1.